The molecule has 1 aromatic heterocycles. The molecule has 2 N–H and O–H groups in total. The first kappa shape index (κ1) is 17.7. The lowest BCUT2D eigenvalue weighted by atomic mass is 10.2. The monoisotopic (exact) mass is 329 g/mol. The quantitative estimate of drug-likeness (QED) is 0.688. The molecule has 1 aromatic carbocycles. The predicted molar refractivity (Wildman–Crippen MR) is 92.0 cm³/mol. The van der Waals surface area contributed by atoms with E-state index < -0.39 is 0 Å². The van der Waals surface area contributed by atoms with Crippen LogP contribution in [0, 0.1) is 0 Å². The highest BCUT2D eigenvalue weighted by molar-refractivity contribution is 5.76. The average molecular weight is 329 g/mol. The largest absolute Gasteiger partial charge is 0.493 e. The van der Waals surface area contributed by atoms with Gasteiger partial charge in [-0.15, -0.1) is 0 Å². The van der Waals surface area contributed by atoms with Crippen molar-refractivity contribution in [3.05, 3.63) is 53.9 Å². The molecule has 0 atom stereocenters. The molecule has 6 nitrogen and oxygen atoms in total. The van der Waals surface area contributed by atoms with Gasteiger partial charge in [-0.2, -0.15) is 0 Å². The van der Waals surface area contributed by atoms with Crippen LogP contribution in [0.25, 0.3) is 0 Å². The normalized spacial score (nSPS) is 10.2. The third kappa shape index (κ3) is 5.55. The molecule has 0 fully saturated rings. The summed E-state index contributed by atoms with van der Waals surface area (Å²) in [6.45, 7) is 1.80. The summed E-state index contributed by atoms with van der Waals surface area (Å²) in [5, 5.41) is 6.14. The molecule has 0 aliphatic rings. The zero-order chi connectivity index (χ0) is 17.2. The molecule has 1 heterocycles. The summed E-state index contributed by atoms with van der Waals surface area (Å²) < 4.78 is 10.5. The number of hydrogen-bond donors (Lipinski definition) is 2. The second-order valence-corrected chi connectivity index (χ2v) is 5.25. The standard InChI is InChI=1S/C18H23N3O3/c1-23-16-4-3-15(11-17(16)24-2)12-20-10-7-18(22)21-13-14-5-8-19-9-6-14/h3-6,8-9,11,20H,7,10,12-13H2,1-2H3,(H,21,22). The maximum Gasteiger partial charge on any atom is 0.221 e. The third-order valence-electron chi connectivity index (χ3n) is 3.54. The summed E-state index contributed by atoms with van der Waals surface area (Å²) >= 11 is 0. The number of methoxy groups -OCH3 is 2. The number of aromatic nitrogens is 1. The van der Waals surface area contributed by atoms with Crippen LogP contribution in [-0.4, -0.2) is 31.7 Å². The SMILES string of the molecule is COc1ccc(CNCCC(=O)NCc2ccncc2)cc1OC. The van der Waals surface area contributed by atoms with Gasteiger partial charge in [0.25, 0.3) is 0 Å². The van der Waals surface area contributed by atoms with Crippen molar-refractivity contribution in [1.82, 2.24) is 15.6 Å². The fourth-order valence-corrected chi connectivity index (χ4v) is 2.21. The summed E-state index contributed by atoms with van der Waals surface area (Å²) in [6.07, 6.45) is 3.86. The van der Waals surface area contributed by atoms with Crippen molar-refractivity contribution >= 4 is 5.91 Å². The fraction of sp³-hybridized carbons (Fsp3) is 0.333. The Labute approximate surface area is 142 Å². The van der Waals surface area contributed by atoms with Crippen LogP contribution in [0.4, 0.5) is 0 Å². The maximum absolute atomic E-state index is 11.8. The molecule has 0 saturated carbocycles. The molecule has 0 unspecified atom stereocenters. The lowest BCUT2D eigenvalue weighted by molar-refractivity contribution is -0.121. The number of carbonyl (C=O) groups is 1. The van der Waals surface area contributed by atoms with Crippen molar-refractivity contribution in [3.8, 4) is 11.5 Å². The van der Waals surface area contributed by atoms with Gasteiger partial charge in [0.2, 0.25) is 5.91 Å². The topological polar surface area (TPSA) is 72.5 Å². The third-order valence-corrected chi connectivity index (χ3v) is 3.54. The lowest BCUT2D eigenvalue weighted by Crippen LogP contribution is -2.27. The molecule has 0 bridgehead atoms. The molecule has 128 valence electrons. The molecule has 0 spiro atoms. The second-order valence-electron chi connectivity index (χ2n) is 5.25. The van der Waals surface area contributed by atoms with Crippen LogP contribution in [0.3, 0.4) is 0 Å². The highest BCUT2D eigenvalue weighted by atomic mass is 16.5. The highest BCUT2D eigenvalue weighted by Gasteiger charge is 2.05. The van der Waals surface area contributed by atoms with Crippen LogP contribution in [0.15, 0.2) is 42.7 Å². The number of benzene rings is 1. The zero-order valence-electron chi connectivity index (χ0n) is 14.0. The van der Waals surface area contributed by atoms with Gasteiger partial charge in [-0.1, -0.05) is 6.07 Å². The van der Waals surface area contributed by atoms with E-state index in [0.29, 0.717) is 37.6 Å². The molecule has 24 heavy (non-hydrogen) atoms. The second kappa shape index (κ2) is 9.52. The van der Waals surface area contributed by atoms with Gasteiger partial charge in [0.15, 0.2) is 11.5 Å². The molecule has 0 aliphatic carbocycles. The van der Waals surface area contributed by atoms with Gasteiger partial charge in [0.1, 0.15) is 0 Å². The Morgan fingerprint density at radius 3 is 2.46 bits per heavy atom. The van der Waals surface area contributed by atoms with Crippen molar-refractivity contribution in [2.24, 2.45) is 0 Å². The Kier molecular flexibility index (Phi) is 7.04. The first-order valence-electron chi connectivity index (χ1n) is 7.80. The summed E-state index contributed by atoms with van der Waals surface area (Å²) in [6, 6.07) is 9.54. The Morgan fingerprint density at radius 2 is 1.75 bits per heavy atom. The Bertz CT molecular complexity index is 647. The minimum absolute atomic E-state index is 0.0200. The van der Waals surface area contributed by atoms with Gasteiger partial charge in [-0.3, -0.25) is 9.78 Å². The van der Waals surface area contributed by atoms with Crippen LogP contribution in [0.2, 0.25) is 0 Å². The first-order chi connectivity index (χ1) is 11.7. The molecule has 0 saturated heterocycles. The molecule has 1 amide bonds. The lowest BCUT2D eigenvalue weighted by Gasteiger charge is -2.10. The number of ether oxygens (including phenoxy) is 2. The van der Waals surface area contributed by atoms with Crippen molar-refractivity contribution in [2.75, 3.05) is 20.8 Å². The van der Waals surface area contributed by atoms with Crippen molar-refractivity contribution in [3.63, 3.8) is 0 Å². The van der Waals surface area contributed by atoms with Crippen LogP contribution in [-0.2, 0) is 17.9 Å². The fourth-order valence-electron chi connectivity index (χ4n) is 2.21. The van der Waals surface area contributed by atoms with Crippen molar-refractivity contribution < 1.29 is 14.3 Å². The predicted octanol–water partition coefficient (Wildman–Crippen LogP) is 1.89. The maximum atomic E-state index is 11.8. The Hall–Kier alpha value is -2.60. The molecule has 2 aromatic rings. The van der Waals surface area contributed by atoms with E-state index in [-0.39, 0.29) is 5.91 Å². The van der Waals surface area contributed by atoms with E-state index in [1.165, 1.54) is 0 Å². The number of rotatable bonds is 9. The van der Waals surface area contributed by atoms with Crippen molar-refractivity contribution in [2.45, 2.75) is 19.5 Å². The van der Waals surface area contributed by atoms with Crippen molar-refractivity contribution in [1.29, 1.82) is 0 Å². The van der Waals surface area contributed by atoms with Crippen LogP contribution in [0.5, 0.6) is 11.5 Å². The number of carbonyl (C=O) groups excluding carboxylic acids is 1. The molecule has 0 aliphatic heterocycles. The van der Waals surface area contributed by atoms with E-state index in [1.807, 2.05) is 30.3 Å². The molecule has 6 heteroatoms. The summed E-state index contributed by atoms with van der Waals surface area (Å²) in [5.41, 5.74) is 2.11. The van der Waals surface area contributed by atoms with Crippen LogP contribution in [0.1, 0.15) is 17.5 Å². The van der Waals surface area contributed by atoms with Gasteiger partial charge in [0, 0.05) is 38.4 Å². The summed E-state index contributed by atoms with van der Waals surface area (Å²) in [5.74, 6) is 1.43. The summed E-state index contributed by atoms with van der Waals surface area (Å²) in [7, 11) is 3.22. The van der Waals surface area contributed by atoms with E-state index in [9.17, 15) is 4.79 Å². The number of pyridine rings is 1. The van der Waals surface area contributed by atoms with Gasteiger partial charge < -0.3 is 20.1 Å². The van der Waals surface area contributed by atoms with E-state index in [2.05, 4.69) is 15.6 Å². The van der Waals surface area contributed by atoms with E-state index >= 15 is 0 Å². The average Bonchev–Trinajstić information content (AvgIpc) is 2.64. The Balaban J connectivity index is 1.68. The number of amides is 1. The van der Waals surface area contributed by atoms with Crippen LogP contribution < -0.4 is 20.1 Å². The van der Waals surface area contributed by atoms with Gasteiger partial charge in [0.05, 0.1) is 14.2 Å². The minimum Gasteiger partial charge on any atom is -0.493 e. The number of hydrogen-bond acceptors (Lipinski definition) is 5. The molecular formula is C18H23N3O3. The number of nitrogens with one attached hydrogen (secondary N) is 2. The van der Waals surface area contributed by atoms with E-state index in [4.69, 9.17) is 9.47 Å². The van der Waals surface area contributed by atoms with E-state index in [0.717, 1.165) is 11.1 Å². The number of nitrogens with zero attached hydrogens (tertiary/aromatic N) is 1. The highest BCUT2D eigenvalue weighted by Crippen LogP contribution is 2.27. The molecule has 0 radical (unpaired) electrons. The molecular weight excluding hydrogens is 306 g/mol. The summed E-state index contributed by atoms with van der Waals surface area (Å²) in [4.78, 5) is 15.8. The Morgan fingerprint density at radius 1 is 1.00 bits per heavy atom. The van der Waals surface area contributed by atoms with Gasteiger partial charge in [-0.05, 0) is 35.4 Å². The van der Waals surface area contributed by atoms with Crippen LogP contribution >= 0.6 is 0 Å². The minimum atomic E-state index is 0.0200. The smallest absolute Gasteiger partial charge is 0.221 e. The van der Waals surface area contributed by atoms with E-state index in [1.54, 1.807) is 26.6 Å². The van der Waals surface area contributed by atoms with Gasteiger partial charge in [-0.25, -0.2) is 0 Å². The first-order valence-corrected chi connectivity index (χ1v) is 7.80. The molecule has 2 rings (SSSR count). The zero-order valence-corrected chi connectivity index (χ0v) is 14.0. The van der Waals surface area contributed by atoms with Gasteiger partial charge >= 0.3 is 0 Å².